The Bertz CT molecular complexity index is 732. The van der Waals surface area contributed by atoms with Crippen molar-refractivity contribution >= 4 is 16.8 Å². The number of amides is 1. The van der Waals surface area contributed by atoms with Gasteiger partial charge in [0, 0.05) is 5.41 Å². The number of benzene rings is 1. The van der Waals surface area contributed by atoms with Crippen molar-refractivity contribution in [2.45, 2.75) is 34.1 Å². The summed E-state index contributed by atoms with van der Waals surface area (Å²) in [6.07, 6.45) is 2.53. The first kappa shape index (κ1) is 18.3. The molecule has 0 aliphatic heterocycles. The topological polar surface area (TPSA) is 64.0 Å². The SMILES string of the molecule is CC[CH-]c1nc2ccccc2c(=O)n1NC(=O)C(C)(C)C.[Li+]. The number of para-hydroxylation sites is 1. The van der Waals surface area contributed by atoms with Crippen LogP contribution in [0, 0.1) is 11.8 Å². The van der Waals surface area contributed by atoms with Crippen LogP contribution in [0.4, 0.5) is 0 Å². The summed E-state index contributed by atoms with van der Waals surface area (Å²) in [6.45, 7) is 7.35. The fourth-order valence-electron chi connectivity index (χ4n) is 1.85. The van der Waals surface area contributed by atoms with Crippen LogP contribution in [0.2, 0.25) is 0 Å². The molecule has 0 spiro atoms. The van der Waals surface area contributed by atoms with Gasteiger partial charge in [0.2, 0.25) is 5.91 Å². The fourth-order valence-corrected chi connectivity index (χ4v) is 1.85. The van der Waals surface area contributed by atoms with Gasteiger partial charge in [0.05, 0.1) is 10.9 Å². The van der Waals surface area contributed by atoms with Crippen LogP contribution >= 0.6 is 0 Å². The summed E-state index contributed by atoms with van der Waals surface area (Å²) in [5.74, 6) is 0.228. The Hall–Kier alpha value is -1.70. The molecule has 0 saturated heterocycles. The van der Waals surface area contributed by atoms with Crippen LogP contribution in [-0.2, 0) is 4.79 Å². The van der Waals surface area contributed by atoms with Crippen LogP contribution in [0.5, 0.6) is 0 Å². The molecule has 2 rings (SSSR count). The monoisotopic (exact) mass is 293 g/mol. The van der Waals surface area contributed by atoms with Crippen molar-refractivity contribution in [1.82, 2.24) is 9.66 Å². The molecule has 112 valence electrons. The fraction of sp³-hybridized carbons (Fsp3) is 0.375. The van der Waals surface area contributed by atoms with Crippen LogP contribution in [0.15, 0.2) is 29.1 Å². The predicted molar refractivity (Wildman–Crippen MR) is 83.5 cm³/mol. The maximum absolute atomic E-state index is 12.6. The molecule has 1 aromatic heterocycles. The number of fused-ring (bicyclic) bond motifs is 1. The van der Waals surface area contributed by atoms with Crippen molar-refractivity contribution in [2.24, 2.45) is 5.41 Å². The Balaban J connectivity index is 0.00000242. The second-order valence-corrected chi connectivity index (χ2v) is 5.93. The minimum atomic E-state index is -0.589. The molecule has 1 N–H and O–H groups in total. The van der Waals surface area contributed by atoms with Gasteiger partial charge < -0.3 is 6.42 Å². The van der Waals surface area contributed by atoms with Gasteiger partial charge in [-0.25, -0.2) is 4.68 Å². The summed E-state index contributed by atoms with van der Waals surface area (Å²) in [7, 11) is 0. The third-order valence-corrected chi connectivity index (χ3v) is 3.08. The van der Waals surface area contributed by atoms with Gasteiger partial charge in [0.1, 0.15) is 0 Å². The summed E-state index contributed by atoms with van der Waals surface area (Å²) in [4.78, 5) is 29.2. The molecule has 1 aromatic carbocycles. The molecule has 0 aliphatic rings. The first-order valence-electron chi connectivity index (χ1n) is 7.01. The smallest absolute Gasteiger partial charge is 0.324 e. The van der Waals surface area contributed by atoms with Gasteiger partial charge in [-0.3, -0.25) is 20.0 Å². The normalized spacial score (nSPS) is 10.9. The third-order valence-electron chi connectivity index (χ3n) is 3.08. The van der Waals surface area contributed by atoms with Gasteiger partial charge >= 0.3 is 18.9 Å². The van der Waals surface area contributed by atoms with Crippen molar-refractivity contribution in [1.29, 1.82) is 0 Å². The third kappa shape index (κ3) is 3.73. The molecule has 22 heavy (non-hydrogen) atoms. The molecule has 0 bridgehead atoms. The summed E-state index contributed by atoms with van der Waals surface area (Å²) in [6, 6.07) is 7.12. The van der Waals surface area contributed by atoms with Crippen LogP contribution in [0.25, 0.3) is 10.9 Å². The van der Waals surface area contributed by atoms with E-state index >= 15 is 0 Å². The van der Waals surface area contributed by atoms with Gasteiger partial charge in [0.15, 0.2) is 0 Å². The van der Waals surface area contributed by atoms with E-state index in [0.717, 1.165) is 6.42 Å². The minimum absolute atomic E-state index is 0. The molecule has 1 heterocycles. The standard InChI is InChI=1S/C16H20N3O2.Li/c1-5-8-13-17-12-10-7-6-9-11(12)14(20)19(13)18-15(21)16(2,3)4;/h6-10H,5H2,1-4H3,(H,18,21);/q-1;+1. The Kier molecular flexibility index (Phi) is 5.87. The molecule has 2 aromatic rings. The first-order valence-corrected chi connectivity index (χ1v) is 7.01. The van der Waals surface area contributed by atoms with E-state index in [1.54, 1.807) is 39.0 Å². The van der Waals surface area contributed by atoms with Crippen molar-refractivity contribution in [2.75, 3.05) is 5.43 Å². The van der Waals surface area contributed by atoms with E-state index in [4.69, 9.17) is 0 Å². The maximum Gasteiger partial charge on any atom is 1.00 e. The van der Waals surface area contributed by atoms with E-state index in [-0.39, 0.29) is 30.3 Å². The number of nitrogens with one attached hydrogen (secondary N) is 1. The molecule has 1 amide bonds. The van der Waals surface area contributed by atoms with Gasteiger partial charge in [-0.2, -0.15) is 6.42 Å². The second kappa shape index (κ2) is 7.04. The molecule has 0 aliphatic carbocycles. The van der Waals surface area contributed by atoms with E-state index in [1.165, 1.54) is 4.68 Å². The van der Waals surface area contributed by atoms with E-state index in [9.17, 15) is 9.59 Å². The van der Waals surface area contributed by atoms with Crippen LogP contribution in [0.1, 0.15) is 39.9 Å². The number of aromatic nitrogens is 2. The van der Waals surface area contributed by atoms with Crippen LogP contribution < -0.4 is 29.8 Å². The molecular formula is C16H20LiN3O2. The van der Waals surface area contributed by atoms with E-state index < -0.39 is 5.41 Å². The van der Waals surface area contributed by atoms with E-state index in [2.05, 4.69) is 10.4 Å². The maximum atomic E-state index is 12.6. The minimum Gasteiger partial charge on any atom is -0.324 e. The molecule has 6 heteroatoms. The Labute approximate surface area is 142 Å². The van der Waals surface area contributed by atoms with Crippen molar-refractivity contribution in [3.05, 3.63) is 46.9 Å². The van der Waals surface area contributed by atoms with Crippen molar-refractivity contribution < 1.29 is 23.7 Å². The Morgan fingerprint density at radius 2 is 1.95 bits per heavy atom. The van der Waals surface area contributed by atoms with Crippen molar-refractivity contribution in [3.63, 3.8) is 0 Å². The summed E-state index contributed by atoms with van der Waals surface area (Å²) in [5.41, 5.74) is 2.44. The molecule has 0 atom stereocenters. The van der Waals surface area contributed by atoms with Gasteiger partial charge in [-0.15, -0.1) is 0 Å². The molecule has 5 nitrogen and oxygen atoms in total. The number of nitrogens with zero attached hydrogens (tertiary/aromatic N) is 2. The largest absolute Gasteiger partial charge is 1.00 e. The average Bonchev–Trinajstić information content (AvgIpc) is 2.42. The van der Waals surface area contributed by atoms with Gasteiger partial charge in [0.25, 0.3) is 5.56 Å². The summed E-state index contributed by atoms with van der Waals surface area (Å²) in [5, 5.41) is 0.486. The van der Waals surface area contributed by atoms with Crippen LogP contribution in [-0.4, -0.2) is 15.6 Å². The number of carbonyl (C=O) groups is 1. The van der Waals surface area contributed by atoms with E-state index in [1.807, 2.05) is 19.4 Å². The molecule has 0 saturated carbocycles. The predicted octanol–water partition coefficient (Wildman–Crippen LogP) is -0.521. The van der Waals surface area contributed by atoms with Gasteiger partial charge in [-0.05, 0) is 18.0 Å². The summed E-state index contributed by atoms with van der Waals surface area (Å²) < 4.78 is 1.24. The van der Waals surface area contributed by atoms with E-state index in [0.29, 0.717) is 16.7 Å². The van der Waals surface area contributed by atoms with Crippen LogP contribution in [0.3, 0.4) is 0 Å². The zero-order valence-electron chi connectivity index (χ0n) is 13.8. The number of hydrogen-bond acceptors (Lipinski definition) is 3. The average molecular weight is 293 g/mol. The quantitative estimate of drug-likeness (QED) is 0.612. The zero-order valence-corrected chi connectivity index (χ0v) is 13.8. The molecule has 0 unspecified atom stereocenters. The number of carbonyl (C=O) groups excluding carboxylic acids is 1. The zero-order chi connectivity index (χ0) is 15.6. The Morgan fingerprint density at radius 3 is 2.55 bits per heavy atom. The summed E-state index contributed by atoms with van der Waals surface area (Å²) >= 11 is 0. The molecule has 0 fully saturated rings. The second-order valence-electron chi connectivity index (χ2n) is 5.93. The number of hydrogen-bond donors (Lipinski definition) is 1. The Morgan fingerprint density at radius 1 is 1.32 bits per heavy atom. The molecule has 0 radical (unpaired) electrons. The first-order chi connectivity index (χ1) is 9.84. The van der Waals surface area contributed by atoms with Gasteiger partial charge in [-0.1, -0.05) is 39.8 Å². The number of rotatable bonds is 3. The van der Waals surface area contributed by atoms with Crippen molar-refractivity contribution in [3.8, 4) is 0 Å². The molecular weight excluding hydrogens is 273 g/mol.